The van der Waals surface area contributed by atoms with Crippen molar-refractivity contribution in [2.45, 2.75) is 26.7 Å². The summed E-state index contributed by atoms with van der Waals surface area (Å²) in [5, 5.41) is 12.3. The lowest BCUT2D eigenvalue weighted by Gasteiger charge is -2.34. The molecule has 1 saturated heterocycles. The maximum Gasteiger partial charge on any atom is 0.335 e. The summed E-state index contributed by atoms with van der Waals surface area (Å²) >= 11 is 0. The lowest BCUT2D eigenvalue weighted by Crippen LogP contribution is -2.40. The second kappa shape index (κ2) is 9.43. The van der Waals surface area contributed by atoms with Crippen LogP contribution in [0.25, 0.3) is 0 Å². The molecule has 0 aliphatic carbocycles. The molecule has 0 spiro atoms. The summed E-state index contributed by atoms with van der Waals surface area (Å²) < 4.78 is 5.17. The SMILES string of the molecule is CCOC(=O)[C@H]1CCCN(c2ccc(C(=O)O)cc2NC(=O)c2ccccc2C)C1. The van der Waals surface area contributed by atoms with Crippen molar-refractivity contribution >= 4 is 29.2 Å². The van der Waals surface area contributed by atoms with Crippen LogP contribution in [0.3, 0.4) is 0 Å². The summed E-state index contributed by atoms with van der Waals surface area (Å²) in [7, 11) is 0. The van der Waals surface area contributed by atoms with Gasteiger partial charge in [-0.25, -0.2) is 4.79 Å². The Bertz CT molecular complexity index is 956. The Labute approximate surface area is 175 Å². The third-order valence-corrected chi connectivity index (χ3v) is 5.26. The van der Waals surface area contributed by atoms with Crippen LogP contribution in [-0.2, 0) is 9.53 Å². The van der Waals surface area contributed by atoms with E-state index in [-0.39, 0.29) is 23.4 Å². The molecule has 1 aliphatic heterocycles. The molecule has 1 amide bonds. The van der Waals surface area contributed by atoms with E-state index in [1.54, 1.807) is 25.1 Å². The second-order valence-corrected chi connectivity index (χ2v) is 7.34. The molecule has 0 unspecified atom stereocenters. The second-order valence-electron chi connectivity index (χ2n) is 7.34. The summed E-state index contributed by atoms with van der Waals surface area (Å²) in [5.41, 5.74) is 2.53. The van der Waals surface area contributed by atoms with Crippen molar-refractivity contribution in [1.29, 1.82) is 0 Å². The fraction of sp³-hybridized carbons (Fsp3) is 0.348. The minimum absolute atomic E-state index is 0.0813. The highest BCUT2D eigenvalue weighted by molar-refractivity contribution is 6.07. The average Bonchev–Trinajstić information content (AvgIpc) is 2.74. The van der Waals surface area contributed by atoms with Gasteiger partial charge < -0.3 is 20.1 Å². The number of anilines is 2. The topological polar surface area (TPSA) is 95.9 Å². The first-order chi connectivity index (χ1) is 14.4. The number of nitrogens with one attached hydrogen (secondary N) is 1. The van der Waals surface area contributed by atoms with Crippen LogP contribution in [0.4, 0.5) is 11.4 Å². The normalized spacial score (nSPS) is 16.1. The van der Waals surface area contributed by atoms with E-state index in [2.05, 4.69) is 5.32 Å². The average molecular weight is 410 g/mol. The number of amides is 1. The molecule has 7 heteroatoms. The van der Waals surface area contributed by atoms with Gasteiger partial charge in [-0.05, 0) is 56.5 Å². The fourth-order valence-electron chi connectivity index (χ4n) is 3.71. The van der Waals surface area contributed by atoms with Crippen molar-refractivity contribution < 1.29 is 24.2 Å². The first-order valence-corrected chi connectivity index (χ1v) is 10.1. The van der Waals surface area contributed by atoms with E-state index in [4.69, 9.17) is 4.74 Å². The number of aryl methyl sites for hydroxylation is 1. The van der Waals surface area contributed by atoms with Gasteiger partial charge in [0, 0.05) is 18.7 Å². The van der Waals surface area contributed by atoms with Crippen LogP contribution in [0.1, 0.15) is 46.0 Å². The van der Waals surface area contributed by atoms with Crippen LogP contribution < -0.4 is 10.2 Å². The Morgan fingerprint density at radius 3 is 2.67 bits per heavy atom. The minimum Gasteiger partial charge on any atom is -0.478 e. The van der Waals surface area contributed by atoms with Crippen molar-refractivity contribution in [3.05, 3.63) is 59.2 Å². The maximum absolute atomic E-state index is 12.9. The van der Waals surface area contributed by atoms with Gasteiger partial charge in [0.05, 0.1) is 29.5 Å². The first kappa shape index (κ1) is 21.4. The van der Waals surface area contributed by atoms with Gasteiger partial charge in [-0.15, -0.1) is 0 Å². The predicted octanol–water partition coefficient (Wildman–Crippen LogP) is 3.73. The third-order valence-electron chi connectivity index (χ3n) is 5.26. The molecule has 2 aromatic carbocycles. The molecule has 30 heavy (non-hydrogen) atoms. The molecule has 1 aliphatic rings. The predicted molar refractivity (Wildman–Crippen MR) is 114 cm³/mol. The molecule has 0 radical (unpaired) electrons. The Morgan fingerprint density at radius 1 is 1.20 bits per heavy atom. The van der Waals surface area contributed by atoms with Gasteiger partial charge in [-0.3, -0.25) is 9.59 Å². The molecule has 3 rings (SSSR count). The number of carboxylic acid groups (broad SMARTS) is 1. The number of hydrogen-bond donors (Lipinski definition) is 2. The zero-order valence-electron chi connectivity index (χ0n) is 17.2. The Morgan fingerprint density at radius 2 is 1.97 bits per heavy atom. The number of hydrogen-bond acceptors (Lipinski definition) is 5. The van der Waals surface area contributed by atoms with Gasteiger partial charge in [0.15, 0.2) is 0 Å². The number of aromatic carboxylic acids is 1. The van der Waals surface area contributed by atoms with Gasteiger partial charge in [0.1, 0.15) is 0 Å². The molecule has 2 aromatic rings. The maximum atomic E-state index is 12.9. The summed E-state index contributed by atoms with van der Waals surface area (Å²) in [6.07, 6.45) is 1.54. The van der Waals surface area contributed by atoms with Crippen molar-refractivity contribution in [3.63, 3.8) is 0 Å². The molecule has 7 nitrogen and oxygen atoms in total. The van der Waals surface area contributed by atoms with E-state index in [9.17, 15) is 19.5 Å². The van der Waals surface area contributed by atoms with E-state index < -0.39 is 5.97 Å². The van der Waals surface area contributed by atoms with Crippen LogP contribution >= 0.6 is 0 Å². The van der Waals surface area contributed by atoms with Gasteiger partial charge in [0.2, 0.25) is 0 Å². The van der Waals surface area contributed by atoms with Gasteiger partial charge in [-0.1, -0.05) is 18.2 Å². The van der Waals surface area contributed by atoms with E-state index in [0.717, 1.165) is 18.4 Å². The smallest absolute Gasteiger partial charge is 0.335 e. The highest BCUT2D eigenvalue weighted by Crippen LogP contribution is 2.32. The van der Waals surface area contributed by atoms with Crippen LogP contribution in [0.5, 0.6) is 0 Å². The first-order valence-electron chi connectivity index (χ1n) is 10.1. The molecule has 158 valence electrons. The van der Waals surface area contributed by atoms with Crippen LogP contribution in [0.2, 0.25) is 0 Å². The Balaban J connectivity index is 1.91. The molecule has 0 bridgehead atoms. The number of carboxylic acids is 1. The Hall–Kier alpha value is -3.35. The van der Waals surface area contributed by atoms with Crippen molar-refractivity contribution in [1.82, 2.24) is 0 Å². The standard InChI is InChI=1S/C23H26N2O5/c1-3-30-23(29)17-8-6-12-25(14-17)20-11-10-16(22(27)28)13-19(20)24-21(26)18-9-5-4-7-15(18)2/h4-5,7,9-11,13,17H,3,6,8,12,14H2,1-2H3,(H,24,26)(H,27,28)/t17-/m0/s1. The zero-order valence-corrected chi connectivity index (χ0v) is 17.2. The summed E-state index contributed by atoms with van der Waals surface area (Å²) in [5.74, 6) is -1.86. The van der Waals surface area contributed by atoms with Gasteiger partial charge >= 0.3 is 11.9 Å². The monoisotopic (exact) mass is 410 g/mol. The number of ether oxygens (including phenoxy) is 1. The van der Waals surface area contributed by atoms with Crippen molar-refractivity contribution in [2.24, 2.45) is 5.92 Å². The molecule has 1 heterocycles. The number of rotatable bonds is 6. The fourth-order valence-corrected chi connectivity index (χ4v) is 3.71. The third kappa shape index (κ3) is 4.79. The van der Waals surface area contributed by atoms with Crippen LogP contribution in [0, 0.1) is 12.8 Å². The zero-order chi connectivity index (χ0) is 21.7. The van der Waals surface area contributed by atoms with Crippen LogP contribution in [0.15, 0.2) is 42.5 Å². The Kier molecular flexibility index (Phi) is 6.72. The number of carbonyl (C=O) groups is 3. The molecule has 2 N–H and O–H groups in total. The highest BCUT2D eigenvalue weighted by atomic mass is 16.5. The summed E-state index contributed by atoms with van der Waals surface area (Å²) in [6, 6.07) is 11.9. The number of benzene rings is 2. The molecule has 0 saturated carbocycles. The summed E-state index contributed by atoms with van der Waals surface area (Å²) in [4.78, 5) is 38.5. The molecular weight excluding hydrogens is 384 g/mol. The number of piperidine rings is 1. The molecule has 0 aromatic heterocycles. The van der Waals surface area contributed by atoms with Crippen LogP contribution in [-0.4, -0.2) is 42.6 Å². The van der Waals surface area contributed by atoms with E-state index >= 15 is 0 Å². The minimum atomic E-state index is -1.07. The lowest BCUT2D eigenvalue weighted by molar-refractivity contribution is -0.148. The molecule has 1 atom stereocenters. The lowest BCUT2D eigenvalue weighted by atomic mass is 9.97. The molecular formula is C23H26N2O5. The quantitative estimate of drug-likeness (QED) is 0.705. The van der Waals surface area contributed by atoms with Gasteiger partial charge in [-0.2, -0.15) is 0 Å². The largest absolute Gasteiger partial charge is 0.478 e. The number of carbonyl (C=O) groups excluding carboxylic acids is 2. The van der Waals surface area contributed by atoms with Crippen molar-refractivity contribution in [3.8, 4) is 0 Å². The van der Waals surface area contributed by atoms with E-state index in [1.165, 1.54) is 12.1 Å². The molecule has 1 fully saturated rings. The number of esters is 1. The van der Waals surface area contributed by atoms with E-state index in [1.807, 2.05) is 24.0 Å². The highest BCUT2D eigenvalue weighted by Gasteiger charge is 2.28. The van der Waals surface area contributed by atoms with E-state index in [0.29, 0.717) is 36.6 Å². The van der Waals surface area contributed by atoms with Gasteiger partial charge in [0.25, 0.3) is 5.91 Å². The number of nitrogens with zero attached hydrogens (tertiary/aromatic N) is 1. The van der Waals surface area contributed by atoms with Crippen molar-refractivity contribution in [2.75, 3.05) is 29.9 Å². The summed E-state index contributed by atoms with van der Waals surface area (Å²) in [6.45, 7) is 5.12.